The second kappa shape index (κ2) is 22.7. The molecule has 3 N–H and O–H groups in total. The molecule has 0 spiro atoms. The maximum absolute atomic E-state index is 9.82. The van der Waals surface area contributed by atoms with Crippen molar-refractivity contribution in [1.82, 2.24) is 0 Å². The van der Waals surface area contributed by atoms with Crippen molar-refractivity contribution >= 4 is 11.8 Å². The lowest BCUT2D eigenvalue weighted by molar-refractivity contribution is -0.140. The maximum atomic E-state index is 9.82. The molecule has 0 aromatic rings. The lowest BCUT2D eigenvalue weighted by atomic mass is 10.4. The highest BCUT2D eigenvalue weighted by atomic mass is 16.5. The van der Waals surface area contributed by atoms with Crippen LogP contribution in [0.25, 0.3) is 0 Å². The Morgan fingerprint density at radius 2 is 1.43 bits per heavy atom. The number of esters is 1. The maximum Gasteiger partial charge on any atom is 0.302 e. The van der Waals surface area contributed by atoms with Crippen LogP contribution in [0.3, 0.4) is 0 Å². The van der Waals surface area contributed by atoms with E-state index in [1.807, 2.05) is 6.92 Å². The molecule has 0 rings (SSSR count). The van der Waals surface area contributed by atoms with Gasteiger partial charge in [-0.3, -0.25) is 4.79 Å². The van der Waals surface area contributed by atoms with Crippen LogP contribution in [0.2, 0.25) is 0 Å². The van der Waals surface area contributed by atoms with Crippen molar-refractivity contribution in [3.8, 4) is 0 Å². The normalized spacial score (nSPS) is 6.43. The molecule has 5 nitrogen and oxygen atoms in total. The van der Waals surface area contributed by atoms with Gasteiger partial charge >= 0.3 is 5.97 Å². The van der Waals surface area contributed by atoms with Crippen LogP contribution in [0.1, 0.15) is 34.1 Å². The number of rotatable bonds is 2. The average Bonchev–Trinajstić information content (AvgIpc) is 2.09. The molecule has 0 aliphatic rings. The van der Waals surface area contributed by atoms with Gasteiger partial charge < -0.3 is 20.1 Å². The van der Waals surface area contributed by atoms with Gasteiger partial charge in [-0.2, -0.15) is 0 Å². The number of aliphatic hydroxyl groups is 1. The standard InChI is InChI=1S/C4H8O2.C4H8O.CH4O.H2O/c1-3-6-4(2)5;1-3-4(2)5;1-2;/h3H2,1-2H3;3H2,1-2H3;2H,1H3;1H2. The second-order valence-electron chi connectivity index (χ2n) is 1.98. The van der Waals surface area contributed by atoms with Gasteiger partial charge in [-0.05, 0) is 13.8 Å². The Labute approximate surface area is 85.4 Å². The van der Waals surface area contributed by atoms with E-state index >= 15 is 0 Å². The van der Waals surface area contributed by atoms with Crippen LogP contribution in [0, 0.1) is 0 Å². The smallest absolute Gasteiger partial charge is 0.302 e. The Morgan fingerprint density at radius 1 is 1.14 bits per heavy atom. The first-order valence-corrected chi connectivity index (χ1v) is 4.12. The van der Waals surface area contributed by atoms with Crippen molar-refractivity contribution in [3.63, 3.8) is 0 Å². The van der Waals surface area contributed by atoms with E-state index in [1.165, 1.54) is 6.92 Å². The van der Waals surface area contributed by atoms with Crippen LogP contribution >= 0.6 is 0 Å². The Morgan fingerprint density at radius 3 is 1.43 bits per heavy atom. The van der Waals surface area contributed by atoms with Gasteiger partial charge in [0.05, 0.1) is 6.61 Å². The minimum absolute atomic E-state index is 0. The van der Waals surface area contributed by atoms with E-state index in [2.05, 4.69) is 4.74 Å². The lowest BCUT2D eigenvalue weighted by Crippen LogP contribution is -1.95. The monoisotopic (exact) mass is 210 g/mol. The number of ether oxygens (including phenoxy) is 1. The van der Waals surface area contributed by atoms with Crippen molar-refractivity contribution in [3.05, 3.63) is 0 Å². The molecular formula is C9H22O5. The highest BCUT2D eigenvalue weighted by Crippen LogP contribution is 1.71. The zero-order chi connectivity index (χ0) is 11.3. The van der Waals surface area contributed by atoms with Gasteiger partial charge in [-0.1, -0.05) is 6.92 Å². The number of carbonyl (C=O) groups is 2. The van der Waals surface area contributed by atoms with Gasteiger partial charge in [0.2, 0.25) is 0 Å². The van der Waals surface area contributed by atoms with Crippen molar-refractivity contribution in [2.75, 3.05) is 13.7 Å². The van der Waals surface area contributed by atoms with Gasteiger partial charge in [0, 0.05) is 20.5 Å². The van der Waals surface area contributed by atoms with Gasteiger partial charge in [0.15, 0.2) is 0 Å². The van der Waals surface area contributed by atoms with E-state index in [0.29, 0.717) is 13.0 Å². The van der Waals surface area contributed by atoms with Crippen LogP contribution in [-0.2, 0) is 14.3 Å². The highest BCUT2D eigenvalue weighted by molar-refractivity contribution is 5.74. The second-order valence-corrected chi connectivity index (χ2v) is 1.98. The van der Waals surface area contributed by atoms with E-state index in [1.54, 1.807) is 13.8 Å². The Balaban J connectivity index is -0.0000000576. The quantitative estimate of drug-likeness (QED) is 0.665. The number of Topliss-reactive ketones (excluding diaryl/α,β-unsaturated/α-hetero) is 1. The molecule has 0 aliphatic heterocycles. The van der Waals surface area contributed by atoms with Crippen LogP contribution in [0.5, 0.6) is 0 Å². The molecule has 0 aliphatic carbocycles. The molecule has 0 atom stereocenters. The SMILES string of the molecule is CCC(C)=O.CCOC(C)=O.CO.O. The van der Waals surface area contributed by atoms with Crippen LogP contribution in [0.15, 0.2) is 0 Å². The fourth-order valence-electron chi connectivity index (χ4n) is 0.203. The summed E-state index contributed by atoms with van der Waals surface area (Å²) >= 11 is 0. The lowest BCUT2D eigenvalue weighted by Gasteiger charge is -1.89. The molecule has 0 aromatic carbocycles. The van der Waals surface area contributed by atoms with Crippen molar-refractivity contribution in [2.24, 2.45) is 0 Å². The number of ketones is 1. The zero-order valence-corrected chi connectivity index (χ0v) is 9.59. The van der Waals surface area contributed by atoms with Gasteiger partial charge in [-0.25, -0.2) is 0 Å². The van der Waals surface area contributed by atoms with E-state index in [-0.39, 0.29) is 17.2 Å². The molecule has 5 heteroatoms. The number of hydrogen-bond donors (Lipinski definition) is 1. The molecule has 0 saturated heterocycles. The third-order valence-corrected chi connectivity index (χ3v) is 0.845. The van der Waals surface area contributed by atoms with Crippen molar-refractivity contribution in [2.45, 2.75) is 34.1 Å². The summed E-state index contributed by atoms with van der Waals surface area (Å²) in [6.45, 7) is 7.09. The number of hydrogen-bond acceptors (Lipinski definition) is 4. The predicted octanol–water partition coefficient (Wildman–Crippen LogP) is 0.339. The third kappa shape index (κ3) is 67.9. The van der Waals surface area contributed by atoms with E-state index < -0.39 is 0 Å². The van der Waals surface area contributed by atoms with Crippen LogP contribution in [-0.4, -0.2) is 36.1 Å². The Kier molecular flexibility index (Phi) is 37.5. The first kappa shape index (κ1) is 23.1. The predicted molar refractivity (Wildman–Crippen MR) is 55.0 cm³/mol. The molecule has 0 heterocycles. The van der Waals surface area contributed by atoms with Gasteiger partial charge in [0.25, 0.3) is 0 Å². The van der Waals surface area contributed by atoms with Crippen molar-refractivity contribution < 1.29 is 24.9 Å². The molecule has 14 heavy (non-hydrogen) atoms. The molecule has 88 valence electrons. The fraction of sp³-hybridized carbons (Fsp3) is 0.778. The van der Waals surface area contributed by atoms with E-state index in [0.717, 1.165) is 7.11 Å². The Hall–Kier alpha value is -0.940. The first-order valence-electron chi connectivity index (χ1n) is 4.12. The van der Waals surface area contributed by atoms with Crippen LogP contribution in [0.4, 0.5) is 0 Å². The summed E-state index contributed by atoms with van der Waals surface area (Å²) in [5.74, 6) is 0.0440. The summed E-state index contributed by atoms with van der Waals surface area (Å²) in [4.78, 5) is 19.6. The first-order chi connectivity index (χ1) is 6.04. The van der Waals surface area contributed by atoms with Gasteiger partial charge in [-0.15, -0.1) is 0 Å². The molecule has 0 amide bonds. The molecule has 0 radical (unpaired) electrons. The summed E-state index contributed by atoms with van der Waals surface area (Å²) in [5.41, 5.74) is 0. The third-order valence-electron chi connectivity index (χ3n) is 0.845. The summed E-state index contributed by atoms with van der Waals surface area (Å²) in [7, 11) is 1.00. The summed E-state index contributed by atoms with van der Waals surface area (Å²) in [6, 6.07) is 0. The fourth-order valence-corrected chi connectivity index (χ4v) is 0.203. The summed E-state index contributed by atoms with van der Waals surface area (Å²) < 4.78 is 4.40. The molecule has 0 fully saturated rings. The number of carbonyl (C=O) groups excluding carboxylic acids is 2. The largest absolute Gasteiger partial charge is 0.466 e. The topological polar surface area (TPSA) is 95.1 Å². The molecule has 0 saturated carbocycles. The van der Waals surface area contributed by atoms with E-state index in [4.69, 9.17) is 5.11 Å². The summed E-state index contributed by atoms with van der Waals surface area (Å²) in [5, 5.41) is 7.00. The average molecular weight is 210 g/mol. The minimum Gasteiger partial charge on any atom is -0.466 e. The van der Waals surface area contributed by atoms with E-state index in [9.17, 15) is 9.59 Å². The van der Waals surface area contributed by atoms with Crippen molar-refractivity contribution in [1.29, 1.82) is 0 Å². The summed E-state index contributed by atoms with van der Waals surface area (Å²) in [6.07, 6.45) is 0.667. The molecular weight excluding hydrogens is 188 g/mol. The van der Waals surface area contributed by atoms with Gasteiger partial charge in [0.1, 0.15) is 5.78 Å². The Bertz CT molecular complexity index is 122. The van der Waals surface area contributed by atoms with Crippen LogP contribution < -0.4 is 0 Å². The molecule has 0 bridgehead atoms. The number of aliphatic hydroxyl groups excluding tert-OH is 1. The zero-order valence-electron chi connectivity index (χ0n) is 9.59. The molecule has 0 aromatic heterocycles. The molecule has 0 unspecified atom stereocenters. The minimum atomic E-state index is -0.211. The highest BCUT2D eigenvalue weighted by Gasteiger charge is 1.81.